The molecule has 69 heavy (non-hydrogen) atoms. The minimum atomic E-state index is -0.799. The van der Waals surface area contributed by atoms with Crippen LogP contribution in [-0.2, 0) is 28.6 Å². The van der Waals surface area contributed by atoms with Crippen molar-refractivity contribution in [1.82, 2.24) is 0 Å². The Balaban J connectivity index is 4.47. The van der Waals surface area contributed by atoms with Crippen LogP contribution in [0.5, 0.6) is 0 Å². The molecular formula is C63H106O6. The number of unbranched alkanes of at least 4 members (excludes halogenated alkanes) is 24. The summed E-state index contributed by atoms with van der Waals surface area (Å²) in [4.78, 5) is 38.2. The largest absolute Gasteiger partial charge is 0.462 e. The standard InChI is InChI=1S/C63H106O6/c1-4-7-10-13-16-19-22-25-28-30-31-33-35-38-41-44-47-50-53-56-62(65)68-59-60(58-67-61(64)55-52-49-46-43-40-37-34-27-24-21-18-15-12-9-6-3)69-63(66)57-54-51-48-45-42-39-36-32-29-26-23-20-17-14-11-8-5-2/h7,10,16-17,19-21,24-26,28-29,31,33,38,41,60H,4-6,8-9,11-15,18,22-23,27,30,32,34-37,39-40,42-59H2,1-3H3/b10-7-,19-16-,20-17-,24-21-,28-25-,29-26-,33-31-,41-38-/t60-/m0/s1. The summed E-state index contributed by atoms with van der Waals surface area (Å²) in [5.41, 5.74) is 0. The van der Waals surface area contributed by atoms with Crippen molar-refractivity contribution >= 4 is 17.9 Å². The number of ether oxygens (including phenoxy) is 3. The minimum Gasteiger partial charge on any atom is -0.462 e. The Morgan fingerprint density at radius 1 is 0.304 bits per heavy atom. The predicted octanol–water partition coefficient (Wildman–Crippen LogP) is 19.3. The average Bonchev–Trinajstić information content (AvgIpc) is 3.35. The Bertz CT molecular complexity index is 1380. The Morgan fingerprint density at radius 3 is 0.942 bits per heavy atom. The molecule has 0 fully saturated rings. The molecule has 6 heteroatoms. The summed E-state index contributed by atoms with van der Waals surface area (Å²) in [5.74, 6) is -0.936. The lowest BCUT2D eigenvalue weighted by atomic mass is 10.1. The normalized spacial score (nSPS) is 12.8. The lowest BCUT2D eigenvalue weighted by molar-refractivity contribution is -0.167. The fourth-order valence-corrected chi connectivity index (χ4v) is 7.73. The first-order valence-corrected chi connectivity index (χ1v) is 28.7. The highest BCUT2D eigenvalue weighted by molar-refractivity contribution is 5.71. The van der Waals surface area contributed by atoms with Crippen LogP contribution in [-0.4, -0.2) is 37.2 Å². The van der Waals surface area contributed by atoms with E-state index in [1.54, 1.807) is 0 Å². The van der Waals surface area contributed by atoms with E-state index in [4.69, 9.17) is 14.2 Å². The van der Waals surface area contributed by atoms with Gasteiger partial charge >= 0.3 is 17.9 Å². The molecule has 0 amide bonds. The topological polar surface area (TPSA) is 78.9 Å². The van der Waals surface area contributed by atoms with Gasteiger partial charge in [-0.15, -0.1) is 0 Å². The van der Waals surface area contributed by atoms with Gasteiger partial charge in [-0.25, -0.2) is 0 Å². The van der Waals surface area contributed by atoms with Crippen molar-refractivity contribution in [1.29, 1.82) is 0 Å². The van der Waals surface area contributed by atoms with Gasteiger partial charge in [0.2, 0.25) is 0 Å². The number of hydrogen-bond acceptors (Lipinski definition) is 6. The number of carbonyl (C=O) groups is 3. The summed E-state index contributed by atoms with van der Waals surface area (Å²) < 4.78 is 16.8. The average molecular weight is 960 g/mol. The molecule has 0 aromatic carbocycles. The van der Waals surface area contributed by atoms with Crippen molar-refractivity contribution < 1.29 is 28.6 Å². The summed E-state index contributed by atoms with van der Waals surface area (Å²) >= 11 is 0. The molecule has 0 bridgehead atoms. The van der Waals surface area contributed by atoms with Gasteiger partial charge in [-0.05, 0) is 122 Å². The van der Waals surface area contributed by atoms with E-state index in [0.29, 0.717) is 19.3 Å². The Hall–Kier alpha value is -3.67. The first-order valence-electron chi connectivity index (χ1n) is 28.7. The second kappa shape index (κ2) is 56.9. The first kappa shape index (κ1) is 65.3. The Labute approximate surface area is 426 Å². The Kier molecular flexibility index (Phi) is 53.9. The zero-order chi connectivity index (χ0) is 50.0. The van der Waals surface area contributed by atoms with Gasteiger partial charge < -0.3 is 14.2 Å². The maximum absolute atomic E-state index is 12.9. The molecule has 0 aliphatic carbocycles. The van der Waals surface area contributed by atoms with Gasteiger partial charge in [-0.3, -0.25) is 14.4 Å². The van der Waals surface area contributed by atoms with Crippen LogP contribution in [0.4, 0.5) is 0 Å². The molecule has 0 saturated carbocycles. The highest BCUT2D eigenvalue weighted by Crippen LogP contribution is 2.14. The Morgan fingerprint density at radius 2 is 0.565 bits per heavy atom. The van der Waals surface area contributed by atoms with Crippen molar-refractivity contribution in [3.63, 3.8) is 0 Å². The number of rotatable bonds is 51. The first-order chi connectivity index (χ1) is 34.0. The molecule has 0 saturated heterocycles. The maximum Gasteiger partial charge on any atom is 0.306 e. The van der Waals surface area contributed by atoms with E-state index in [-0.39, 0.29) is 31.1 Å². The number of esters is 3. The fourth-order valence-electron chi connectivity index (χ4n) is 7.73. The molecule has 0 aliphatic rings. The van der Waals surface area contributed by atoms with Gasteiger partial charge in [-0.2, -0.15) is 0 Å². The van der Waals surface area contributed by atoms with Gasteiger partial charge in [0, 0.05) is 19.3 Å². The summed E-state index contributed by atoms with van der Waals surface area (Å²) in [6.07, 6.45) is 75.3. The summed E-state index contributed by atoms with van der Waals surface area (Å²) in [6, 6.07) is 0. The third kappa shape index (κ3) is 55.1. The van der Waals surface area contributed by atoms with E-state index in [1.807, 2.05) is 0 Å². The van der Waals surface area contributed by atoms with E-state index < -0.39 is 6.10 Å². The molecule has 1 atom stereocenters. The predicted molar refractivity (Wildman–Crippen MR) is 297 cm³/mol. The van der Waals surface area contributed by atoms with Crippen molar-refractivity contribution in [3.05, 3.63) is 97.2 Å². The monoisotopic (exact) mass is 959 g/mol. The van der Waals surface area contributed by atoms with Crippen LogP contribution < -0.4 is 0 Å². The molecule has 0 aromatic heterocycles. The van der Waals surface area contributed by atoms with Crippen LogP contribution >= 0.6 is 0 Å². The van der Waals surface area contributed by atoms with Crippen LogP contribution in [0.25, 0.3) is 0 Å². The fraction of sp³-hybridized carbons (Fsp3) is 0.698. The molecule has 0 rings (SSSR count). The van der Waals surface area contributed by atoms with Crippen LogP contribution in [0, 0.1) is 0 Å². The third-order valence-electron chi connectivity index (χ3n) is 12.0. The summed E-state index contributed by atoms with van der Waals surface area (Å²) in [5, 5.41) is 0. The zero-order valence-corrected chi connectivity index (χ0v) is 45.0. The SMILES string of the molecule is CC/C=C\C/C=C\C/C=C\C/C=C\C/C=C\CCCCCC(=O)OC[C@H](COC(=O)CCCCCCCCC/C=C\CCCCCC)OC(=O)CCCCCCCCC/C=C\C/C=C\CCCCC. The number of carbonyl (C=O) groups excluding carboxylic acids is 3. The van der Waals surface area contributed by atoms with Gasteiger partial charge in [0.15, 0.2) is 6.10 Å². The van der Waals surface area contributed by atoms with E-state index in [2.05, 4.69) is 118 Å². The lowest BCUT2D eigenvalue weighted by Gasteiger charge is -2.18. The second-order valence-corrected chi connectivity index (χ2v) is 18.8. The van der Waals surface area contributed by atoms with E-state index in [9.17, 15) is 14.4 Å². The second-order valence-electron chi connectivity index (χ2n) is 18.8. The molecule has 0 aromatic rings. The van der Waals surface area contributed by atoms with Gasteiger partial charge in [0.25, 0.3) is 0 Å². The van der Waals surface area contributed by atoms with Crippen molar-refractivity contribution in [2.24, 2.45) is 0 Å². The van der Waals surface area contributed by atoms with Crippen molar-refractivity contribution in [2.75, 3.05) is 13.2 Å². The van der Waals surface area contributed by atoms with Crippen LogP contribution in [0.15, 0.2) is 97.2 Å². The molecule has 6 nitrogen and oxygen atoms in total. The molecule has 0 unspecified atom stereocenters. The molecular weight excluding hydrogens is 853 g/mol. The summed E-state index contributed by atoms with van der Waals surface area (Å²) in [7, 11) is 0. The number of allylic oxidation sites excluding steroid dienone is 16. The van der Waals surface area contributed by atoms with Crippen LogP contribution in [0.2, 0.25) is 0 Å². The van der Waals surface area contributed by atoms with Gasteiger partial charge in [0.1, 0.15) is 13.2 Å². The molecule has 394 valence electrons. The molecule has 0 radical (unpaired) electrons. The van der Waals surface area contributed by atoms with E-state index in [0.717, 1.165) is 109 Å². The zero-order valence-electron chi connectivity index (χ0n) is 45.0. The van der Waals surface area contributed by atoms with Crippen molar-refractivity contribution in [2.45, 2.75) is 271 Å². The van der Waals surface area contributed by atoms with E-state index in [1.165, 1.54) is 116 Å². The highest BCUT2D eigenvalue weighted by atomic mass is 16.6. The third-order valence-corrected chi connectivity index (χ3v) is 12.0. The molecule has 0 heterocycles. The molecule has 0 aliphatic heterocycles. The van der Waals surface area contributed by atoms with Crippen molar-refractivity contribution in [3.8, 4) is 0 Å². The minimum absolute atomic E-state index is 0.0940. The quantitative estimate of drug-likeness (QED) is 0.0262. The van der Waals surface area contributed by atoms with Gasteiger partial charge in [0.05, 0.1) is 0 Å². The maximum atomic E-state index is 12.9. The molecule has 0 spiro atoms. The lowest BCUT2D eigenvalue weighted by Crippen LogP contribution is -2.30. The highest BCUT2D eigenvalue weighted by Gasteiger charge is 2.19. The molecule has 0 N–H and O–H groups in total. The van der Waals surface area contributed by atoms with Crippen LogP contribution in [0.3, 0.4) is 0 Å². The van der Waals surface area contributed by atoms with Gasteiger partial charge in [-0.1, -0.05) is 221 Å². The smallest absolute Gasteiger partial charge is 0.306 e. The van der Waals surface area contributed by atoms with E-state index >= 15 is 0 Å². The van der Waals surface area contributed by atoms with Crippen LogP contribution in [0.1, 0.15) is 265 Å². The number of hydrogen-bond donors (Lipinski definition) is 0. The summed E-state index contributed by atoms with van der Waals surface area (Å²) in [6.45, 7) is 6.46.